The second-order valence-electron chi connectivity index (χ2n) is 3.85. The van der Waals surface area contributed by atoms with Gasteiger partial charge in [-0.2, -0.15) is 0 Å². The van der Waals surface area contributed by atoms with Crippen LogP contribution in [0.2, 0.25) is 0 Å². The van der Waals surface area contributed by atoms with Crippen molar-refractivity contribution in [2.75, 3.05) is 26.2 Å². The van der Waals surface area contributed by atoms with E-state index in [1.807, 2.05) is 0 Å². The third kappa shape index (κ3) is 2.66. The van der Waals surface area contributed by atoms with Gasteiger partial charge in [0.2, 0.25) is 0 Å². The molecule has 3 heteroatoms. The summed E-state index contributed by atoms with van der Waals surface area (Å²) in [5, 5.41) is 8.91. The molecule has 78 valence electrons. The summed E-state index contributed by atoms with van der Waals surface area (Å²) in [5.41, 5.74) is 5.72. The van der Waals surface area contributed by atoms with Crippen molar-refractivity contribution < 1.29 is 5.11 Å². The predicted molar refractivity (Wildman–Crippen MR) is 54.5 cm³/mol. The van der Waals surface area contributed by atoms with E-state index in [0.29, 0.717) is 12.0 Å². The van der Waals surface area contributed by atoms with Gasteiger partial charge in [-0.3, -0.25) is 4.90 Å². The molecule has 1 aliphatic carbocycles. The van der Waals surface area contributed by atoms with Gasteiger partial charge >= 0.3 is 0 Å². The molecule has 0 saturated heterocycles. The number of aliphatic hydroxyl groups is 1. The summed E-state index contributed by atoms with van der Waals surface area (Å²) in [7, 11) is 0. The summed E-state index contributed by atoms with van der Waals surface area (Å²) in [5.74, 6) is 0.659. The minimum Gasteiger partial charge on any atom is -0.395 e. The van der Waals surface area contributed by atoms with Gasteiger partial charge in [0, 0.05) is 12.6 Å². The molecular formula is C10H22N2O. The Hall–Kier alpha value is -0.120. The van der Waals surface area contributed by atoms with Gasteiger partial charge in [0.1, 0.15) is 0 Å². The quantitative estimate of drug-likeness (QED) is 0.654. The lowest BCUT2D eigenvalue weighted by atomic mass is 10.0. The summed E-state index contributed by atoms with van der Waals surface area (Å²) in [6.45, 7) is 5.05. The SMILES string of the molecule is CCN(CCO)C1CCCC1CN. The fraction of sp³-hybridized carbons (Fsp3) is 1.00. The first-order valence-electron chi connectivity index (χ1n) is 5.38. The minimum atomic E-state index is 0.266. The fourth-order valence-corrected chi connectivity index (χ4v) is 2.46. The third-order valence-corrected chi connectivity index (χ3v) is 3.18. The second-order valence-corrected chi connectivity index (χ2v) is 3.85. The Labute approximate surface area is 80.9 Å². The Kier molecular flexibility index (Phi) is 4.70. The molecule has 1 rings (SSSR count). The number of hydrogen-bond acceptors (Lipinski definition) is 3. The number of hydrogen-bond donors (Lipinski definition) is 2. The van der Waals surface area contributed by atoms with Crippen molar-refractivity contribution in [3.05, 3.63) is 0 Å². The molecule has 1 fully saturated rings. The van der Waals surface area contributed by atoms with E-state index in [9.17, 15) is 0 Å². The van der Waals surface area contributed by atoms with Crippen LogP contribution in [0.15, 0.2) is 0 Å². The van der Waals surface area contributed by atoms with E-state index in [4.69, 9.17) is 10.8 Å². The third-order valence-electron chi connectivity index (χ3n) is 3.18. The zero-order valence-electron chi connectivity index (χ0n) is 8.58. The molecule has 0 aromatic heterocycles. The Morgan fingerprint density at radius 2 is 2.23 bits per heavy atom. The molecule has 0 amide bonds. The molecule has 1 aliphatic rings. The van der Waals surface area contributed by atoms with E-state index in [2.05, 4.69) is 11.8 Å². The molecule has 13 heavy (non-hydrogen) atoms. The maximum absolute atomic E-state index is 8.91. The van der Waals surface area contributed by atoms with Crippen LogP contribution >= 0.6 is 0 Å². The number of likely N-dealkylation sites (N-methyl/N-ethyl adjacent to an activating group) is 1. The zero-order chi connectivity index (χ0) is 9.68. The van der Waals surface area contributed by atoms with Gasteiger partial charge < -0.3 is 10.8 Å². The van der Waals surface area contributed by atoms with Gasteiger partial charge in [-0.25, -0.2) is 0 Å². The van der Waals surface area contributed by atoms with Crippen molar-refractivity contribution in [1.29, 1.82) is 0 Å². The molecule has 0 heterocycles. The molecule has 0 aliphatic heterocycles. The van der Waals surface area contributed by atoms with Gasteiger partial charge in [-0.15, -0.1) is 0 Å². The van der Waals surface area contributed by atoms with Crippen LogP contribution in [-0.2, 0) is 0 Å². The summed E-state index contributed by atoms with van der Waals surface area (Å²) < 4.78 is 0. The lowest BCUT2D eigenvalue weighted by Gasteiger charge is -2.31. The fourth-order valence-electron chi connectivity index (χ4n) is 2.46. The number of nitrogens with two attached hydrogens (primary N) is 1. The maximum Gasteiger partial charge on any atom is 0.0558 e. The van der Waals surface area contributed by atoms with Crippen LogP contribution in [0, 0.1) is 5.92 Å². The minimum absolute atomic E-state index is 0.266. The Bertz CT molecular complexity index is 141. The summed E-state index contributed by atoms with van der Waals surface area (Å²) in [6, 6.07) is 0.627. The number of aliphatic hydroxyl groups excluding tert-OH is 1. The number of rotatable bonds is 5. The van der Waals surface area contributed by atoms with Crippen molar-refractivity contribution in [3.8, 4) is 0 Å². The molecule has 3 N–H and O–H groups in total. The van der Waals surface area contributed by atoms with Gasteiger partial charge in [-0.1, -0.05) is 13.3 Å². The van der Waals surface area contributed by atoms with Crippen LogP contribution in [0.5, 0.6) is 0 Å². The average Bonchev–Trinajstić information content (AvgIpc) is 2.61. The lowest BCUT2D eigenvalue weighted by Crippen LogP contribution is -2.41. The molecule has 0 aromatic carbocycles. The lowest BCUT2D eigenvalue weighted by molar-refractivity contribution is 0.134. The van der Waals surface area contributed by atoms with Crippen molar-refractivity contribution in [3.63, 3.8) is 0 Å². The van der Waals surface area contributed by atoms with Crippen LogP contribution in [0.25, 0.3) is 0 Å². The van der Waals surface area contributed by atoms with Gasteiger partial charge in [0.05, 0.1) is 6.61 Å². The molecule has 0 aromatic rings. The topological polar surface area (TPSA) is 49.5 Å². The van der Waals surface area contributed by atoms with E-state index in [1.165, 1.54) is 19.3 Å². The van der Waals surface area contributed by atoms with Crippen LogP contribution < -0.4 is 5.73 Å². The largest absolute Gasteiger partial charge is 0.395 e. The van der Waals surface area contributed by atoms with Crippen LogP contribution in [0.1, 0.15) is 26.2 Å². The van der Waals surface area contributed by atoms with Crippen LogP contribution in [0.3, 0.4) is 0 Å². The van der Waals surface area contributed by atoms with Crippen molar-refractivity contribution in [1.82, 2.24) is 4.90 Å². The molecule has 0 radical (unpaired) electrons. The molecule has 0 bridgehead atoms. The first-order valence-corrected chi connectivity index (χ1v) is 5.38. The van der Waals surface area contributed by atoms with Gasteiger partial charge in [0.15, 0.2) is 0 Å². The van der Waals surface area contributed by atoms with Crippen molar-refractivity contribution in [2.45, 2.75) is 32.2 Å². The molecule has 0 spiro atoms. The highest BCUT2D eigenvalue weighted by molar-refractivity contribution is 4.85. The predicted octanol–water partition coefficient (Wildman–Crippen LogP) is 0.428. The molecule has 2 unspecified atom stereocenters. The van der Waals surface area contributed by atoms with E-state index >= 15 is 0 Å². The molecule has 2 atom stereocenters. The van der Waals surface area contributed by atoms with E-state index in [1.54, 1.807) is 0 Å². The van der Waals surface area contributed by atoms with Crippen LogP contribution in [0.4, 0.5) is 0 Å². The Morgan fingerprint density at radius 3 is 2.77 bits per heavy atom. The standard InChI is InChI=1S/C10H22N2O/c1-2-12(6-7-13)10-5-3-4-9(10)8-11/h9-10,13H,2-8,11H2,1H3. The molecule has 1 saturated carbocycles. The smallest absolute Gasteiger partial charge is 0.0558 e. The van der Waals surface area contributed by atoms with Gasteiger partial charge in [0.25, 0.3) is 0 Å². The monoisotopic (exact) mass is 186 g/mol. The maximum atomic E-state index is 8.91. The summed E-state index contributed by atoms with van der Waals surface area (Å²) >= 11 is 0. The van der Waals surface area contributed by atoms with Crippen molar-refractivity contribution in [2.24, 2.45) is 11.7 Å². The highest BCUT2D eigenvalue weighted by Gasteiger charge is 2.29. The summed E-state index contributed by atoms with van der Waals surface area (Å²) in [4.78, 5) is 2.37. The summed E-state index contributed by atoms with van der Waals surface area (Å²) in [6.07, 6.45) is 3.83. The van der Waals surface area contributed by atoms with Crippen molar-refractivity contribution >= 4 is 0 Å². The molecular weight excluding hydrogens is 164 g/mol. The highest BCUT2D eigenvalue weighted by atomic mass is 16.3. The average molecular weight is 186 g/mol. The second kappa shape index (κ2) is 5.58. The van der Waals surface area contributed by atoms with Crippen LogP contribution in [-0.4, -0.2) is 42.3 Å². The van der Waals surface area contributed by atoms with Gasteiger partial charge in [-0.05, 0) is 31.8 Å². The first-order chi connectivity index (χ1) is 6.33. The first kappa shape index (κ1) is 11.0. The van der Waals surface area contributed by atoms with E-state index in [0.717, 1.165) is 19.6 Å². The van der Waals surface area contributed by atoms with E-state index < -0.39 is 0 Å². The normalized spacial score (nSPS) is 28.6. The van der Waals surface area contributed by atoms with E-state index in [-0.39, 0.29) is 6.61 Å². The Balaban J connectivity index is 2.46. The molecule has 3 nitrogen and oxygen atoms in total. The number of nitrogens with zero attached hydrogens (tertiary/aromatic N) is 1. The Morgan fingerprint density at radius 1 is 1.46 bits per heavy atom. The zero-order valence-corrected chi connectivity index (χ0v) is 8.58. The highest BCUT2D eigenvalue weighted by Crippen LogP contribution is 2.28.